The molecule has 0 spiro atoms. The molecular weight excluding hydrogens is 304 g/mol. The van der Waals surface area contributed by atoms with Gasteiger partial charge in [0.15, 0.2) is 0 Å². The molecule has 1 heterocycles. The number of nitrogens with one attached hydrogen (secondary N) is 2. The van der Waals surface area contributed by atoms with E-state index in [1.807, 2.05) is 31.2 Å². The molecule has 1 aromatic carbocycles. The minimum atomic E-state index is 0.189. The van der Waals surface area contributed by atoms with Crippen molar-refractivity contribution in [1.29, 1.82) is 0 Å². The number of nitrogen functional groups attached to an aromatic ring is 1. The van der Waals surface area contributed by atoms with Gasteiger partial charge in [-0.05, 0) is 37.6 Å². The molecule has 2 rings (SSSR count). The van der Waals surface area contributed by atoms with Crippen molar-refractivity contribution >= 4 is 23.5 Å². The van der Waals surface area contributed by atoms with E-state index in [4.69, 9.17) is 10.5 Å². The maximum Gasteiger partial charge on any atom is 0.233 e. The van der Waals surface area contributed by atoms with Crippen LogP contribution < -0.4 is 21.1 Å². The van der Waals surface area contributed by atoms with Gasteiger partial charge in [-0.15, -0.1) is 0 Å². The Morgan fingerprint density at radius 1 is 0.958 bits per heavy atom. The maximum absolute atomic E-state index is 5.77. The quantitative estimate of drug-likeness (QED) is 0.573. The lowest BCUT2D eigenvalue weighted by molar-refractivity contribution is 0.340. The lowest BCUT2D eigenvalue weighted by atomic mass is 10.2. The molecule has 1 aromatic heterocycles. The van der Waals surface area contributed by atoms with Crippen molar-refractivity contribution < 1.29 is 4.74 Å². The van der Waals surface area contributed by atoms with Gasteiger partial charge in [-0.2, -0.15) is 15.0 Å². The zero-order valence-corrected chi connectivity index (χ0v) is 14.4. The molecule has 130 valence electrons. The molecule has 0 aliphatic heterocycles. The van der Waals surface area contributed by atoms with Crippen LogP contribution in [0.4, 0.5) is 23.5 Å². The van der Waals surface area contributed by atoms with Gasteiger partial charge in [-0.3, -0.25) is 0 Å². The van der Waals surface area contributed by atoms with Crippen molar-refractivity contribution in [2.45, 2.75) is 39.5 Å². The summed E-state index contributed by atoms with van der Waals surface area (Å²) < 4.78 is 5.42. The Balaban J connectivity index is 1.94. The van der Waals surface area contributed by atoms with Crippen molar-refractivity contribution in [3.8, 4) is 5.75 Å². The van der Waals surface area contributed by atoms with Crippen LogP contribution in [0.15, 0.2) is 24.3 Å². The van der Waals surface area contributed by atoms with Gasteiger partial charge in [0.2, 0.25) is 17.8 Å². The summed E-state index contributed by atoms with van der Waals surface area (Å²) in [6.07, 6.45) is 4.74. The average Bonchev–Trinajstić information content (AvgIpc) is 2.56. The SMILES string of the molecule is CCCCCCNc1nc(N)nc(Nc2ccc(OCC)cc2)n1. The molecule has 0 radical (unpaired) electrons. The van der Waals surface area contributed by atoms with Crippen molar-refractivity contribution in [3.05, 3.63) is 24.3 Å². The molecule has 7 heteroatoms. The minimum Gasteiger partial charge on any atom is -0.494 e. The monoisotopic (exact) mass is 330 g/mol. The van der Waals surface area contributed by atoms with E-state index in [-0.39, 0.29) is 5.95 Å². The number of benzene rings is 1. The van der Waals surface area contributed by atoms with Crippen LogP contribution in [0.25, 0.3) is 0 Å². The Morgan fingerprint density at radius 2 is 1.71 bits per heavy atom. The maximum atomic E-state index is 5.77. The third-order valence-corrected chi connectivity index (χ3v) is 3.39. The highest BCUT2D eigenvalue weighted by atomic mass is 16.5. The Bertz CT molecular complexity index is 617. The van der Waals surface area contributed by atoms with E-state index in [2.05, 4.69) is 32.5 Å². The van der Waals surface area contributed by atoms with E-state index in [1.165, 1.54) is 19.3 Å². The van der Waals surface area contributed by atoms with Crippen LogP contribution in [0.2, 0.25) is 0 Å². The predicted molar refractivity (Wildman–Crippen MR) is 97.8 cm³/mol. The summed E-state index contributed by atoms with van der Waals surface area (Å²) in [6.45, 7) is 5.62. The second-order valence-electron chi connectivity index (χ2n) is 5.41. The van der Waals surface area contributed by atoms with Gasteiger partial charge in [0.1, 0.15) is 5.75 Å². The van der Waals surface area contributed by atoms with E-state index in [9.17, 15) is 0 Å². The van der Waals surface area contributed by atoms with Crippen LogP contribution in [0, 0.1) is 0 Å². The lowest BCUT2D eigenvalue weighted by Gasteiger charge is -2.09. The first kappa shape index (κ1) is 17.8. The van der Waals surface area contributed by atoms with Crippen molar-refractivity contribution in [3.63, 3.8) is 0 Å². The molecule has 0 unspecified atom stereocenters. The van der Waals surface area contributed by atoms with Gasteiger partial charge >= 0.3 is 0 Å². The highest BCUT2D eigenvalue weighted by Crippen LogP contribution is 2.19. The van der Waals surface area contributed by atoms with Gasteiger partial charge in [0.25, 0.3) is 0 Å². The number of unbranched alkanes of at least 4 members (excludes halogenated alkanes) is 3. The standard InChI is InChI=1S/C17H26N6O/c1-3-5-6-7-12-19-16-21-15(18)22-17(23-16)20-13-8-10-14(11-9-13)24-4-2/h8-11H,3-7,12H2,1-2H3,(H4,18,19,20,21,22,23). The fourth-order valence-electron chi connectivity index (χ4n) is 2.21. The molecule has 24 heavy (non-hydrogen) atoms. The first-order chi connectivity index (χ1) is 11.7. The van der Waals surface area contributed by atoms with E-state index >= 15 is 0 Å². The van der Waals surface area contributed by atoms with E-state index < -0.39 is 0 Å². The Morgan fingerprint density at radius 3 is 2.42 bits per heavy atom. The molecule has 0 amide bonds. The van der Waals surface area contributed by atoms with E-state index in [0.29, 0.717) is 18.5 Å². The topological polar surface area (TPSA) is 98.0 Å². The van der Waals surface area contributed by atoms with Crippen molar-refractivity contribution in [2.24, 2.45) is 0 Å². The molecule has 0 saturated heterocycles. The average molecular weight is 330 g/mol. The largest absolute Gasteiger partial charge is 0.494 e. The summed E-state index contributed by atoms with van der Waals surface area (Å²) in [5.74, 6) is 1.93. The molecule has 0 aliphatic carbocycles. The lowest BCUT2D eigenvalue weighted by Crippen LogP contribution is -2.10. The number of hydrogen-bond donors (Lipinski definition) is 3. The van der Waals surface area contributed by atoms with E-state index in [1.54, 1.807) is 0 Å². The van der Waals surface area contributed by atoms with Gasteiger partial charge in [-0.1, -0.05) is 26.2 Å². The minimum absolute atomic E-state index is 0.189. The third kappa shape index (κ3) is 5.91. The number of hydrogen-bond acceptors (Lipinski definition) is 7. The van der Waals surface area contributed by atoms with Crippen LogP contribution in [0.1, 0.15) is 39.5 Å². The van der Waals surface area contributed by atoms with Crippen LogP contribution in [-0.4, -0.2) is 28.1 Å². The van der Waals surface area contributed by atoms with Crippen LogP contribution in [0.3, 0.4) is 0 Å². The third-order valence-electron chi connectivity index (χ3n) is 3.39. The first-order valence-corrected chi connectivity index (χ1v) is 8.46. The zero-order chi connectivity index (χ0) is 17.2. The zero-order valence-electron chi connectivity index (χ0n) is 14.4. The molecule has 0 saturated carbocycles. The van der Waals surface area contributed by atoms with Gasteiger partial charge in [0.05, 0.1) is 6.61 Å². The summed E-state index contributed by atoms with van der Waals surface area (Å²) >= 11 is 0. The normalized spacial score (nSPS) is 10.4. The number of anilines is 4. The summed E-state index contributed by atoms with van der Waals surface area (Å²) in [5, 5.41) is 6.32. The summed E-state index contributed by atoms with van der Waals surface area (Å²) in [7, 11) is 0. The van der Waals surface area contributed by atoms with Crippen molar-refractivity contribution in [1.82, 2.24) is 15.0 Å². The fraction of sp³-hybridized carbons (Fsp3) is 0.471. The van der Waals surface area contributed by atoms with Gasteiger partial charge in [0, 0.05) is 12.2 Å². The molecule has 0 fully saturated rings. The smallest absolute Gasteiger partial charge is 0.233 e. The van der Waals surface area contributed by atoms with Gasteiger partial charge < -0.3 is 21.1 Å². The molecule has 0 bridgehead atoms. The molecule has 4 N–H and O–H groups in total. The number of rotatable bonds is 10. The molecule has 2 aromatic rings. The number of nitrogens with two attached hydrogens (primary N) is 1. The van der Waals surface area contributed by atoms with Crippen LogP contribution in [-0.2, 0) is 0 Å². The molecule has 7 nitrogen and oxygen atoms in total. The highest BCUT2D eigenvalue weighted by molar-refractivity contribution is 5.56. The fourth-order valence-corrected chi connectivity index (χ4v) is 2.21. The predicted octanol–water partition coefficient (Wildman–Crippen LogP) is 3.59. The molecule has 0 atom stereocenters. The number of nitrogens with zero attached hydrogens (tertiary/aromatic N) is 3. The van der Waals surface area contributed by atoms with Gasteiger partial charge in [-0.25, -0.2) is 0 Å². The number of ether oxygens (including phenoxy) is 1. The summed E-state index contributed by atoms with van der Waals surface area (Å²) in [4.78, 5) is 12.6. The Labute approximate surface area is 143 Å². The second-order valence-corrected chi connectivity index (χ2v) is 5.41. The Hall–Kier alpha value is -2.57. The van der Waals surface area contributed by atoms with Crippen molar-refractivity contribution in [2.75, 3.05) is 29.5 Å². The molecular formula is C17H26N6O. The van der Waals surface area contributed by atoms with Crippen LogP contribution >= 0.6 is 0 Å². The van der Waals surface area contributed by atoms with E-state index in [0.717, 1.165) is 24.4 Å². The van der Waals surface area contributed by atoms with Crippen LogP contribution in [0.5, 0.6) is 5.75 Å². The summed E-state index contributed by atoms with van der Waals surface area (Å²) in [5.41, 5.74) is 6.63. The Kier molecular flexibility index (Phi) is 7.07. The number of aromatic nitrogens is 3. The first-order valence-electron chi connectivity index (χ1n) is 8.46. The summed E-state index contributed by atoms with van der Waals surface area (Å²) in [6, 6.07) is 7.60. The highest BCUT2D eigenvalue weighted by Gasteiger charge is 2.05. The second kappa shape index (κ2) is 9.54. The molecule has 0 aliphatic rings.